The molecule has 7 nitrogen and oxygen atoms in total. The fraction of sp³-hybridized carbons (Fsp3) is 0.737. The molecule has 0 aliphatic carbocycles. The van der Waals surface area contributed by atoms with Crippen molar-refractivity contribution in [2.24, 2.45) is 5.41 Å². The Kier molecular flexibility index (Phi) is 7.66. The average molecular weight is 367 g/mol. The van der Waals surface area contributed by atoms with E-state index in [-0.39, 0.29) is 30.2 Å². The second-order valence-electron chi connectivity index (χ2n) is 8.58. The molecule has 1 N–H and O–H groups in total. The van der Waals surface area contributed by atoms with E-state index in [0.29, 0.717) is 26.2 Å². The molecule has 26 heavy (non-hydrogen) atoms. The van der Waals surface area contributed by atoms with Gasteiger partial charge in [0.25, 0.3) is 0 Å². The lowest BCUT2D eigenvalue weighted by Gasteiger charge is -2.34. The SMILES string of the molecule is CC(C)(C)/C=C/C(=O)N1CCN(C(=O)CCNC(=O)OC(C)(C)C)CC1. The highest BCUT2D eigenvalue weighted by molar-refractivity contribution is 5.88. The van der Waals surface area contributed by atoms with Crippen molar-refractivity contribution in [2.45, 2.75) is 53.6 Å². The number of rotatable bonds is 4. The standard InChI is InChI=1S/C19H33N3O4/c1-18(2,3)9-7-15(23)21-11-13-22(14-12-21)16(24)8-10-20-17(25)26-19(4,5)6/h7,9H,8,10-14H2,1-6H3,(H,20,25)/b9-7+. The van der Waals surface area contributed by atoms with Crippen molar-refractivity contribution in [3.63, 3.8) is 0 Å². The number of piperazine rings is 1. The highest BCUT2D eigenvalue weighted by Gasteiger charge is 2.23. The summed E-state index contributed by atoms with van der Waals surface area (Å²) in [6.45, 7) is 13.8. The molecule has 0 bridgehead atoms. The van der Waals surface area contributed by atoms with Crippen molar-refractivity contribution in [1.82, 2.24) is 15.1 Å². The number of hydrogen-bond donors (Lipinski definition) is 1. The second kappa shape index (κ2) is 9.05. The van der Waals surface area contributed by atoms with Gasteiger partial charge in [0.1, 0.15) is 5.60 Å². The van der Waals surface area contributed by atoms with Crippen LogP contribution >= 0.6 is 0 Å². The summed E-state index contributed by atoms with van der Waals surface area (Å²) in [7, 11) is 0. The molecule has 3 amide bonds. The summed E-state index contributed by atoms with van der Waals surface area (Å²) < 4.78 is 5.13. The van der Waals surface area contributed by atoms with Gasteiger partial charge in [-0.2, -0.15) is 0 Å². The highest BCUT2D eigenvalue weighted by Crippen LogP contribution is 2.15. The monoisotopic (exact) mass is 367 g/mol. The molecule has 1 fully saturated rings. The maximum absolute atomic E-state index is 12.2. The highest BCUT2D eigenvalue weighted by atomic mass is 16.6. The van der Waals surface area contributed by atoms with Gasteiger partial charge in [0.15, 0.2) is 0 Å². The van der Waals surface area contributed by atoms with E-state index >= 15 is 0 Å². The summed E-state index contributed by atoms with van der Waals surface area (Å²) in [6.07, 6.45) is 3.21. The minimum Gasteiger partial charge on any atom is -0.444 e. The number of nitrogens with one attached hydrogen (secondary N) is 1. The van der Waals surface area contributed by atoms with Crippen LogP contribution in [0.2, 0.25) is 0 Å². The summed E-state index contributed by atoms with van der Waals surface area (Å²) in [5.74, 6) is -0.0444. The molecule has 0 unspecified atom stereocenters. The molecule has 0 spiro atoms. The van der Waals surface area contributed by atoms with Crippen molar-refractivity contribution in [3.8, 4) is 0 Å². The first-order valence-corrected chi connectivity index (χ1v) is 9.10. The van der Waals surface area contributed by atoms with Crippen LogP contribution < -0.4 is 5.32 Å². The molecule has 0 aromatic rings. The van der Waals surface area contributed by atoms with Crippen LogP contribution in [-0.2, 0) is 14.3 Å². The molecule has 1 heterocycles. The van der Waals surface area contributed by atoms with Gasteiger partial charge in [0, 0.05) is 39.1 Å². The van der Waals surface area contributed by atoms with Crippen LogP contribution in [0.25, 0.3) is 0 Å². The summed E-state index contributed by atoms with van der Waals surface area (Å²) >= 11 is 0. The lowest BCUT2D eigenvalue weighted by Crippen LogP contribution is -2.50. The lowest BCUT2D eigenvalue weighted by molar-refractivity contribution is -0.137. The van der Waals surface area contributed by atoms with Gasteiger partial charge >= 0.3 is 6.09 Å². The second-order valence-corrected chi connectivity index (χ2v) is 8.58. The van der Waals surface area contributed by atoms with Crippen molar-refractivity contribution >= 4 is 17.9 Å². The summed E-state index contributed by atoms with van der Waals surface area (Å²) in [5.41, 5.74) is -0.590. The molecule has 0 atom stereocenters. The Hall–Kier alpha value is -2.05. The van der Waals surface area contributed by atoms with Crippen LogP contribution in [0, 0.1) is 5.41 Å². The van der Waals surface area contributed by atoms with Gasteiger partial charge in [-0.05, 0) is 32.3 Å². The number of carbonyl (C=O) groups excluding carboxylic acids is 3. The van der Waals surface area contributed by atoms with E-state index in [2.05, 4.69) is 5.32 Å². The molecular weight excluding hydrogens is 334 g/mol. The Balaban J connectivity index is 2.32. The van der Waals surface area contributed by atoms with Gasteiger partial charge in [-0.25, -0.2) is 4.79 Å². The largest absolute Gasteiger partial charge is 0.444 e. The van der Waals surface area contributed by atoms with Crippen LogP contribution in [-0.4, -0.2) is 66.0 Å². The minimum atomic E-state index is -0.557. The number of carbonyl (C=O) groups is 3. The van der Waals surface area contributed by atoms with Crippen LogP contribution in [0.15, 0.2) is 12.2 Å². The summed E-state index contributed by atoms with van der Waals surface area (Å²) in [6, 6.07) is 0. The van der Waals surface area contributed by atoms with Crippen molar-refractivity contribution in [2.75, 3.05) is 32.7 Å². The van der Waals surface area contributed by atoms with E-state index in [1.165, 1.54) is 0 Å². The minimum absolute atomic E-state index is 0.0152. The van der Waals surface area contributed by atoms with E-state index in [1.807, 2.05) is 26.8 Å². The maximum atomic E-state index is 12.2. The molecule has 1 rings (SSSR count). The normalized spacial score (nSPS) is 15.9. The van der Waals surface area contributed by atoms with E-state index in [0.717, 1.165) is 0 Å². The zero-order valence-electron chi connectivity index (χ0n) is 16.9. The Morgan fingerprint density at radius 2 is 1.50 bits per heavy atom. The van der Waals surface area contributed by atoms with E-state index < -0.39 is 11.7 Å². The molecule has 1 aliphatic heterocycles. The van der Waals surface area contributed by atoms with Gasteiger partial charge in [0.05, 0.1) is 0 Å². The zero-order chi connectivity index (χ0) is 20.0. The Labute approximate surface area is 156 Å². The number of alkyl carbamates (subject to hydrolysis) is 1. The topological polar surface area (TPSA) is 79.0 Å². The molecule has 148 valence electrons. The first kappa shape index (κ1) is 22.0. The van der Waals surface area contributed by atoms with Gasteiger partial charge in [-0.15, -0.1) is 0 Å². The van der Waals surface area contributed by atoms with Crippen LogP contribution in [0.4, 0.5) is 4.79 Å². The van der Waals surface area contributed by atoms with Gasteiger partial charge < -0.3 is 19.9 Å². The predicted molar refractivity (Wildman–Crippen MR) is 101 cm³/mol. The van der Waals surface area contributed by atoms with Crippen LogP contribution in [0.1, 0.15) is 48.0 Å². The first-order valence-electron chi connectivity index (χ1n) is 9.10. The van der Waals surface area contributed by atoms with E-state index in [9.17, 15) is 14.4 Å². The number of amides is 3. The quantitative estimate of drug-likeness (QED) is 0.773. The fourth-order valence-corrected chi connectivity index (χ4v) is 2.35. The lowest BCUT2D eigenvalue weighted by atomic mass is 9.96. The van der Waals surface area contributed by atoms with Crippen molar-refractivity contribution in [3.05, 3.63) is 12.2 Å². The van der Waals surface area contributed by atoms with Crippen LogP contribution in [0.3, 0.4) is 0 Å². The van der Waals surface area contributed by atoms with Crippen molar-refractivity contribution < 1.29 is 19.1 Å². The third kappa shape index (κ3) is 8.87. The maximum Gasteiger partial charge on any atom is 0.407 e. The number of hydrogen-bond acceptors (Lipinski definition) is 4. The Morgan fingerprint density at radius 1 is 0.962 bits per heavy atom. The van der Waals surface area contributed by atoms with Gasteiger partial charge in [-0.1, -0.05) is 26.8 Å². The summed E-state index contributed by atoms with van der Waals surface area (Å²) in [5, 5.41) is 2.58. The third-order valence-corrected chi connectivity index (χ3v) is 3.68. The molecule has 7 heteroatoms. The van der Waals surface area contributed by atoms with Crippen molar-refractivity contribution in [1.29, 1.82) is 0 Å². The molecule has 0 saturated carbocycles. The molecule has 1 saturated heterocycles. The Bertz CT molecular complexity index is 536. The molecule has 1 aliphatic rings. The van der Waals surface area contributed by atoms with Gasteiger partial charge in [0.2, 0.25) is 11.8 Å². The predicted octanol–water partition coefficient (Wildman–Crippen LogP) is 2.17. The van der Waals surface area contributed by atoms with Gasteiger partial charge in [-0.3, -0.25) is 9.59 Å². The number of ether oxygens (including phenoxy) is 1. The molecular formula is C19H33N3O4. The molecule has 0 aromatic heterocycles. The Morgan fingerprint density at radius 3 is 2.00 bits per heavy atom. The molecule has 0 aromatic carbocycles. The van der Waals surface area contributed by atoms with Crippen LogP contribution in [0.5, 0.6) is 0 Å². The van der Waals surface area contributed by atoms with E-state index in [4.69, 9.17) is 4.74 Å². The summed E-state index contributed by atoms with van der Waals surface area (Å²) in [4.78, 5) is 39.4. The number of allylic oxidation sites excluding steroid dienone is 1. The first-order chi connectivity index (χ1) is 11.9. The third-order valence-electron chi connectivity index (χ3n) is 3.68. The zero-order valence-corrected chi connectivity index (χ0v) is 16.9. The molecule has 0 radical (unpaired) electrons. The van der Waals surface area contributed by atoms with E-state index in [1.54, 1.807) is 36.6 Å². The average Bonchev–Trinajstić information content (AvgIpc) is 2.50. The fourth-order valence-electron chi connectivity index (χ4n) is 2.35. The number of nitrogens with zero attached hydrogens (tertiary/aromatic N) is 2. The smallest absolute Gasteiger partial charge is 0.407 e.